The summed E-state index contributed by atoms with van der Waals surface area (Å²) in [6, 6.07) is 11.5. The molecular weight excluding hydrogens is 440 g/mol. The van der Waals surface area contributed by atoms with Crippen LogP contribution in [0.25, 0.3) is 10.9 Å². The second kappa shape index (κ2) is 7.84. The molecule has 1 aromatic heterocycles. The zero-order valence-electron chi connectivity index (χ0n) is 18.1. The monoisotopic (exact) mass is 462 g/mol. The maximum atomic E-state index is 13.6. The fraction of sp³-hybridized carbons (Fsp3) is 0.280. The molecule has 1 saturated heterocycles. The lowest BCUT2D eigenvalue weighted by Crippen LogP contribution is -2.53. The van der Waals surface area contributed by atoms with E-state index >= 15 is 0 Å². The number of halogens is 1. The van der Waals surface area contributed by atoms with Crippen molar-refractivity contribution in [1.29, 1.82) is 0 Å². The van der Waals surface area contributed by atoms with E-state index in [1.807, 2.05) is 25.1 Å². The number of nitrogens with one attached hydrogen (secondary N) is 2. The first-order chi connectivity index (χ1) is 15.8. The van der Waals surface area contributed by atoms with Crippen LogP contribution < -0.4 is 5.32 Å². The van der Waals surface area contributed by atoms with Crippen LogP contribution in [0.2, 0.25) is 5.02 Å². The molecule has 2 aliphatic rings. The number of nitrogens with zero attached hydrogens (tertiary/aromatic N) is 2. The first-order valence-electron chi connectivity index (χ1n) is 10.7. The molecule has 5 rings (SSSR count). The van der Waals surface area contributed by atoms with Crippen LogP contribution in [0, 0.1) is 12.3 Å². The van der Waals surface area contributed by atoms with Crippen molar-refractivity contribution in [2.75, 3.05) is 19.6 Å². The summed E-state index contributed by atoms with van der Waals surface area (Å²) < 4.78 is 0. The molecule has 3 N–H and O–H groups in total. The highest BCUT2D eigenvalue weighted by Gasteiger charge is 2.60. The minimum atomic E-state index is -1.08. The van der Waals surface area contributed by atoms with Crippen molar-refractivity contribution in [2.45, 2.75) is 24.9 Å². The maximum Gasteiger partial charge on any atom is 0.328 e. The van der Waals surface area contributed by atoms with Gasteiger partial charge in [-0.15, -0.1) is 6.42 Å². The van der Waals surface area contributed by atoms with Gasteiger partial charge in [0.1, 0.15) is 17.3 Å². The normalized spacial score (nSPS) is 21.9. The highest BCUT2D eigenvalue weighted by molar-refractivity contribution is 6.31. The fourth-order valence-electron chi connectivity index (χ4n) is 5.08. The number of aromatic nitrogens is 1. The predicted molar refractivity (Wildman–Crippen MR) is 126 cm³/mol. The number of H-pyrrole nitrogens is 1. The second-order valence-corrected chi connectivity index (χ2v) is 9.08. The summed E-state index contributed by atoms with van der Waals surface area (Å²) >= 11 is 6.29. The third-order valence-electron chi connectivity index (χ3n) is 6.55. The maximum absolute atomic E-state index is 13.6. The van der Waals surface area contributed by atoms with Gasteiger partial charge in [-0.2, -0.15) is 0 Å². The molecule has 0 aliphatic carbocycles. The van der Waals surface area contributed by atoms with Crippen LogP contribution in [0.3, 0.4) is 0 Å². The summed E-state index contributed by atoms with van der Waals surface area (Å²) in [6.45, 7) is 2.80. The number of amides is 3. The van der Waals surface area contributed by atoms with Crippen LogP contribution >= 0.6 is 11.6 Å². The standard InChI is InChI=1S/C25H23ClN4O3/c1-3-9-27-10-11-29-23(32)25(2)14-19-18-13-16(26)7-8-20(18)28-21(19)22(30(25)24(29)33)15-5-4-6-17(31)12-15/h1,4-8,12-13,22,27-28,31H,9-11,14H2,2H3. The summed E-state index contributed by atoms with van der Waals surface area (Å²) in [5.41, 5.74) is 2.30. The molecule has 3 amide bonds. The van der Waals surface area contributed by atoms with Crippen molar-refractivity contribution < 1.29 is 14.7 Å². The molecule has 168 valence electrons. The number of aromatic hydroxyl groups is 1. The number of imide groups is 1. The Morgan fingerprint density at radius 2 is 2.12 bits per heavy atom. The van der Waals surface area contributed by atoms with Crippen LogP contribution in [0.15, 0.2) is 42.5 Å². The molecule has 2 atom stereocenters. The van der Waals surface area contributed by atoms with E-state index in [-0.39, 0.29) is 24.2 Å². The van der Waals surface area contributed by atoms with E-state index in [0.717, 1.165) is 22.2 Å². The molecule has 0 bridgehead atoms. The number of hydrogen-bond donors (Lipinski definition) is 3. The largest absolute Gasteiger partial charge is 0.508 e. The Kier molecular flexibility index (Phi) is 5.08. The van der Waals surface area contributed by atoms with Crippen molar-refractivity contribution in [3.63, 3.8) is 0 Å². The van der Waals surface area contributed by atoms with Gasteiger partial charge < -0.3 is 15.4 Å². The number of phenols is 1. The van der Waals surface area contributed by atoms with E-state index in [0.29, 0.717) is 30.1 Å². The quantitative estimate of drug-likeness (QED) is 0.308. The van der Waals surface area contributed by atoms with Crippen LogP contribution in [-0.2, 0) is 11.2 Å². The van der Waals surface area contributed by atoms with Crippen LogP contribution in [0.5, 0.6) is 5.75 Å². The zero-order valence-corrected chi connectivity index (χ0v) is 18.8. The Balaban J connectivity index is 1.66. The minimum absolute atomic E-state index is 0.0915. The van der Waals surface area contributed by atoms with Gasteiger partial charge in [0.2, 0.25) is 0 Å². The molecule has 3 heterocycles. The lowest BCUT2D eigenvalue weighted by molar-refractivity contribution is -0.133. The van der Waals surface area contributed by atoms with Crippen LogP contribution in [0.4, 0.5) is 4.79 Å². The third kappa shape index (κ3) is 3.26. The minimum Gasteiger partial charge on any atom is -0.508 e. The summed E-state index contributed by atoms with van der Waals surface area (Å²) in [6.07, 6.45) is 5.64. The summed E-state index contributed by atoms with van der Waals surface area (Å²) in [4.78, 5) is 33.6. The van der Waals surface area contributed by atoms with Crippen molar-refractivity contribution in [3.8, 4) is 18.1 Å². The molecule has 3 aromatic rings. The van der Waals surface area contributed by atoms with E-state index in [1.54, 1.807) is 29.2 Å². The van der Waals surface area contributed by atoms with Gasteiger partial charge in [-0.3, -0.25) is 14.6 Å². The first kappa shape index (κ1) is 21.4. The number of rotatable bonds is 5. The Morgan fingerprint density at radius 1 is 1.30 bits per heavy atom. The van der Waals surface area contributed by atoms with Gasteiger partial charge in [-0.25, -0.2) is 4.79 Å². The highest BCUT2D eigenvalue weighted by atomic mass is 35.5. The van der Waals surface area contributed by atoms with Crippen molar-refractivity contribution in [2.24, 2.45) is 0 Å². The fourth-order valence-corrected chi connectivity index (χ4v) is 5.25. The van der Waals surface area contributed by atoms with Crippen LogP contribution in [-0.4, -0.2) is 57.0 Å². The summed E-state index contributed by atoms with van der Waals surface area (Å²) in [7, 11) is 0. The molecule has 8 heteroatoms. The molecule has 2 aromatic carbocycles. The number of phenolic OH excluding ortho intramolecular Hbond substituents is 1. The molecular formula is C25H23ClN4O3. The van der Waals surface area contributed by atoms with Gasteiger partial charge in [-0.05, 0) is 48.4 Å². The van der Waals surface area contributed by atoms with Gasteiger partial charge >= 0.3 is 6.03 Å². The molecule has 2 unspecified atom stereocenters. The van der Waals surface area contributed by atoms with E-state index in [2.05, 4.69) is 16.2 Å². The predicted octanol–water partition coefficient (Wildman–Crippen LogP) is 3.42. The lowest BCUT2D eigenvalue weighted by atomic mass is 9.81. The number of hydrogen-bond acceptors (Lipinski definition) is 4. The Morgan fingerprint density at radius 3 is 2.88 bits per heavy atom. The molecule has 0 spiro atoms. The second-order valence-electron chi connectivity index (χ2n) is 8.65. The summed E-state index contributed by atoms with van der Waals surface area (Å²) in [5.74, 6) is 2.33. The zero-order chi connectivity index (χ0) is 23.3. The average Bonchev–Trinajstić information content (AvgIpc) is 3.22. The lowest BCUT2D eigenvalue weighted by Gasteiger charge is -2.42. The number of carbonyl (C=O) groups is 2. The number of fused-ring (bicyclic) bond motifs is 4. The molecule has 0 saturated carbocycles. The number of terminal acetylenes is 1. The topological polar surface area (TPSA) is 88.7 Å². The van der Waals surface area contributed by atoms with Crippen molar-refractivity contribution in [1.82, 2.24) is 20.1 Å². The Labute approximate surface area is 196 Å². The molecule has 33 heavy (non-hydrogen) atoms. The van der Waals surface area contributed by atoms with Gasteiger partial charge in [0.15, 0.2) is 0 Å². The van der Waals surface area contributed by atoms with Gasteiger partial charge in [0.25, 0.3) is 5.91 Å². The van der Waals surface area contributed by atoms with Crippen molar-refractivity contribution >= 4 is 34.4 Å². The Bertz CT molecular complexity index is 1330. The smallest absolute Gasteiger partial charge is 0.328 e. The third-order valence-corrected chi connectivity index (χ3v) is 6.79. The number of benzene rings is 2. The van der Waals surface area contributed by atoms with Gasteiger partial charge in [0, 0.05) is 41.1 Å². The highest BCUT2D eigenvalue weighted by Crippen LogP contribution is 2.49. The number of aromatic amines is 1. The SMILES string of the molecule is C#CCNCCN1C(=O)N2C(c3cccc(O)c3)c3[nH]c4ccc(Cl)cc4c3CC2(C)C1=O. The van der Waals surface area contributed by atoms with E-state index in [1.165, 1.54) is 4.90 Å². The van der Waals surface area contributed by atoms with Gasteiger partial charge in [0.05, 0.1) is 6.54 Å². The van der Waals surface area contributed by atoms with Gasteiger partial charge in [-0.1, -0.05) is 29.7 Å². The van der Waals surface area contributed by atoms with E-state index < -0.39 is 11.6 Å². The molecule has 2 aliphatic heterocycles. The Hall–Kier alpha value is -3.47. The molecule has 1 fully saturated rings. The molecule has 0 radical (unpaired) electrons. The summed E-state index contributed by atoms with van der Waals surface area (Å²) in [5, 5.41) is 14.7. The van der Waals surface area contributed by atoms with E-state index in [4.69, 9.17) is 18.0 Å². The average molecular weight is 463 g/mol. The first-order valence-corrected chi connectivity index (χ1v) is 11.1. The van der Waals surface area contributed by atoms with Crippen molar-refractivity contribution in [3.05, 3.63) is 64.3 Å². The van der Waals surface area contributed by atoms with Crippen LogP contribution in [0.1, 0.15) is 29.8 Å². The molecule has 7 nitrogen and oxygen atoms in total. The number of urea groups is 1. The van der Waals surface area contributed by atoms with E-state index in [9.17, 15) is 14.7 Å². The number of carbonyl (C=O) groups excluding carboxylic acids is 2.